The molecule has 0 spiro atoms. The third-order valence-electron chi connectivity index (χ3n) is 11.1. The van der Waals surface area contributed by atoms with Gasteiger partial charge in [-0.15, -0.1) is 0 Å². The summed E-state index contributed by atoms with van der Waals surface area (Å²) in [5, 5.41) is 0. The zero-order valence-electron chi connectivity index (χ0n) is 32.2. The highest BCUT2D eigenvalue weighted by molar-refractivity contribution is 6.04. The predicted molar refractivity (Wildman–Crippen MR) is 217 cm³/mol. The van der Waals surface area contributed by atoms with Gasteiger partial charge in [0.15, 0.2) is 23.0 Å². The van der Waals surface area contributed by atoms with E-state index in [9.17, 15) is 9.59 Å². The van der Waals surface area contributed by atoms with E-state index in [2.05, 4.69) is 41.2 Å². The van der Waals surface area contributed by atoms with Gasteiger partial charge in [0.2, 0.25) is 0 Å². The average molecular weight is 760 g/mol. The molecule has 3 aromatic carbocycles. The molecule has 0 radical (unpaired) electrons. The van der Waals surface area contributed by atoms with Crippen LogP contribution in [-0.4, -0.2) is 118 Å². The van der Waals surface area contributed by atoms with Crippen LogP contribution in [0.1, 0.15) is 51.1 Å². The zero-order valence-corrected chi connectivity index (χ0v) is 32.2. The van der Waals surface area contributed by atoms with E-state index in [1.54, 1.807) is 48.3 Å². The summed E-state index contributed by atoms with van der Waals surface area (Å²) >= 11 is 0. The number of benzene rings is 3. The van der Waals surface area contributed by atoms with Crippen LogP contribution in [0.3, 0.4) is 0 Å². The van der Waals surface area contributed by atoms with E-state index in [0.717, 1.165) is 67.1 Å². The Labute approximate surface area is 327 Å². The lowest BCUT2D eigenvalue weighted by atomic mass is 10.1. The molecule has 3 saturated heterocycles. The first-order valence-electron chi connectivity index (χ1n) is 19.2. The minimum Gasteiger partial charge on any atom is -0.493 e. The molecule has 5 aliphatic rings. The Balaban J connectivity index is 1.05. The van der Waals surface area contributed by atoms with Crippen molar-refractivity contribution in [1.82, 2.24) is 14.7 Å². The number of nitrogens with two attached hydrogens (primary N) is 1. The minimum atomic E-state index is -0.108. The molecule has 0 aromatic heterocycles. The summed E-state index contributed by atoms with van der Waals surface area (Å²) in [5.74, 6) is 1.71. The number of nitrogens with zero attached hydrogens (tertiary/aromatic N) is 6. The fraction of sp³-hybridized carbons (Fsp3) is 0.395. The van der Waals surface area contributed by atoms with Crippen LogP contribution in [0.2, 0.25) is 0 Å². The van der Waals surface area contributed by atoms with Gasteiger partial charge in [0.25, 0.3) is 11.8 Å². The molecule has 2 N–H and O–H groups in total. The average Bonchev–Trinajstić information content (AvgIpc) is 3.73. The number of piperazine rings is 1. The van der Waals surface area contributed by atoms with Gasteiger partial charge in [0, 0.05) is 69.5 Å². The van der Waals surface area contributed by atoms with Crippen LogP contribution in [0.25, 0.3) is 0 Å². The first-order valence-corrected chi connectivity index (χ1v) is 19.2. The van der Waals surface area contributed by atoms with Gasteiger partial charge in [-0.25, -0.2) is 0 Å². The highest BCUT2D eigenvalue weighted by Gasteiger charge is 2.36. The van der Waals surface area contributed by atoms with E-state index in [-0.39, 0.29) is 37.1 Å². The largest absolute Gasteiger partial charge is 0.493 e. The highest BCUT2D eigenvalue weighted by Crippen LogP contribution is 2.41. The highest BCUT2D eigenvalue weighted by atomic mass is 16.5. The standard InChI is InChI=1S/C43H49N7O6/c1-27-12-32-21-45-36-19-40(38(53-3)17-34(36)42(51)49(32)23-27)55-25-29-14-30(16-31(15-29)48-10-8-47(9-11-48)7-5-6-44)26-56-41-20-37-35(18-39(41)54-4)43(52)50-24-28(2)13-33(50)22-46-37/h14-22,32-33H,1-2,5-13,23-26,44H2,3-4H3/t32-,33-/m0/s1. The molecule has 292 valence electrons. The molecule has 2 amide bonds. The number of aliphatic imine (C=N–C) groups is 2. The monoisotopic (exact) mass is 759 g/mol. The number of carbonyl (C=O) groups excluding carboxylic acids is 2. The third-order valence-corrected chi connectivity index (χ3v) is 11.1. The Morgan fingerprint density at radius 2 is 1.20 bits per heavy atom. The van der Waals surface area contributed by atoms with Crippen molar-refractivity contribution >= 4 is 41.3 Å². The lowest BCUT2D eigenvalue weighted by molar-refractivity contribution is 0.0769. The van der Waals surface area contributed by atoms with Gasteiger partial charge in [0.05, 0.1) is 48.8 Å². The maximum Gasteiger partial charge on any atom is 0.257 e. The normalized spacial score (nSPS) is 20.4. The summed E-state index contributed by atoms with van der Waals surface area (Å²) in [6.07, 6.45) is 6.05. The van der Waals surface area contributed by atoms with Crippen LogP contribution >= 0.6 is 0 Å². The van der Waals surface area contributed by atoms with Gasteiger partial charge < -0.3 is 39.4 Å². The van der Waals surface area contributed by atoms with Crippen LogP contribution in [0, 0.1) is 0 Å². The van der Waals surface area contributed by atoms with Crippen LogP contribution < -0.4 is 29.6 Å². The summed E-state index contributed by atoms with van der Waals surface area (Å²) in [7, 11) is 3.14. The summed E-state index contributed by atoms with van der Waals surface area (Å²) in [4.78, 5) is 44.9. The second-order valence-electron chi connectivity index (χ2n) is 15.1. The molecule has 3 aromatic rings. The second-order valence-corrected chi connectivity index (χ2v) is 15.1. The van der Waals surface area contributed by atoms with Gasteiger partial charge >= 0.3 is 0 Å². The van der Waals surface area contributed by atoms with Crippen LogP contribution in [-0.2, 0) is 13.2 Å². The van der Waals surface area contributed by atoms with Crippen molar-refractivity contribution in [3.8, 4) is 23.0 Å². The van der Waals surface area contributed by atoms with Crippen LogP contribution in [0.15, 0.2) is 76.8 Å². The Hall–Kier alpha value is -5.66. The quantitative estimate of drug-likeness (QED) is 0.244. The predicted octanol–water partition coefficient (Wildman–Crippen LogP) is 5.31. The molecule has 8 rings (SSSR count). The fourth-order valence-electron chi connectivity index (χ4n) is 8.17. The molecule has 13 nitrogen and oxygen atoms in total. The first-order chi connectivity index (χ1) is 27.2. The van der Waals surface area contributed by atoms with Gasteiger partial charge in [-0.2, -0.15) is 0 Å². The lowest BCUT2D eigenvalue weighted by Gasteiger charge is -2.36. The summed E-state index contributed by atoms with van der Waals surface area (Å²) < 4.78 is 24.4. The van der Waals surface area contributed by atoms with Crippen molar-refractivity contribution in [1.29, 1.82) is 0 Å². The number of ether oxygens (including phenoxy) is 4. The second kappa shape index (κ2) is 15.8. The molecular weight excluding hydrogens is 711 g/mol. The number of anilines is 1. The number of methoxy groups -OCH3 is 2. The molecule has 0 saturated carbocycles. The summed E-state index contributed by atoms with van der Waals surface area (Å²) in [6, 6.07) is 13.2. The third kappa shape index (κ3) is 7.48. The van der Waals surface area contributed by atoms with E-state index >= 15 is 0 Å². The van der Waals surface area contributed by atoms with Gasteiger partial charge in [-0.3, -0.25) is 24.5 Å². The Bertz CT molecular complexity index is 1990. The SMILES string of the molecule is C=C1C[C@H]2C=Nc3cc(OCc4cc(COc5cc6c(cc5OC)C(=O)N5CC(=C)C[C@H]5C=N6)cc(N5CCN(CCCN)CC5)c4)c(OC)cc3C(=O)N2C1. The molecule has 3 fully saturated rings. The maximum absolute atomic E-state index is 13.5. The van der Waals surface area contributed by atoms with E-state index in [1.165, 1.54) is 0 Å². The van der Waals surface area contributed by atoms with Crippen molar-refractivity contribution in [2.75, 3.05) is 71.5 Å². The van der Waals surface area contributed by atoms with E-state index < -0.39 is 0 Å². The molecule has 0 unspecified atom stereocenters. The van der Waals surface area contributed by atoms with Crippen molar-refractivity contribution < 1.29 is 28.5 Å². The molecule has 0 bridgehead atoms. The molecule has 56 heavy (non-hydrogen) atoms. The number of rotatable bonds is 12. The first kappa shape index (κ1) is 37.3. The molecule has 5 aliphatic heterocycles. The molecule has 13 heteroatoms. The molecule has 0 aliphatic carbocycles. The van der Waals surface area contributed by atoms with Crippen molar-refractivity contribution in [2.24, 2.45) is 15.7 Å². The van der Waals surface area contributed by atoms with Gasteiger partial charge in [0.1, 0.15) is 13.2 Å². The van der Waals surface area contributed by atoms with E-state index in [0.29, 0.717) is 78.0 Å². The van der Waals surface area contributed by atoms with Crippen molar-refractivity contribution in [3.63, 3.8) is 0 Å². The topological polar surface area (TPSA) is 135 Å². The molecule has 5 heterocycles. The zero-order chi connectivity index (χ0) is 38.9. The lowest BCUT2D eigenvalue weighted by Crippen LogP contribution is -2.47. The Morgan fingerprint density at radius 1 is 0.696 bits per heavy atom. The summed E-state index contributed by atoms with van der Waals surface area (Å²) in [5.41, 5.74) is 12.8. The summed E-state index contributed by atoms with van der Waals surface area (Å²) in [6.45, 7) is 15.0. The number of amides is 2. The van der Waals surface area contributed by atoms with Crippen molar-refractivity contribution in [3.05, 3.63) is 89.0 Å². The fourth-order valence-corrected chi connectivity index (χ4v) is 8.17. The number of fused-ring (bicyclic) bond motifs is 4. The van der Waals surface area contributed by atoms with Crippen LogP contribution in [0.4, 0.5) is 17.1 Å². The van der Waals surface area contributed by atoms with E-state index in [1.807, 2.05) is 12.4 Å². The maximum atomic E-state index is 13.5. The number of carbonyl (C=O) groups is 2. The Morgan fingerprint density at radius 3 is 1.66 bits per heavy atom. The van der Waals surface area contributed by atoms with Crippen molar-refractivity contribution in [2.45, 2.75) is 44.6 Å². The van der Waals surface area contributed by atoms with Gasteiger partial charge in [-0.05, 0) is 73.8 Å². The number of hydrogen-bond acceptors (Lipinski definition) is 11. The Kier molecular flexibility index (Phi) is 10.5. The molecular formula is C43H49N7O6. The number of hydrogen-bond donors (Lipinski definition) is 1. The van der Waals surface area contributed by atoms with Gasteiger partial charge in [-0.1, -0.05) is 24.3 Å². The molecule has 2 atom stereocenters. The minimum absolute atomic E-state index is 0.0948. The smallest absolute Gasteiger partial charge is 0.257 e. The van der Waals surface area contributed by atoms with E-state index in [4.69, 9.17) is 34.7 Å². The van der Waals surface area contributed by atoms with Crippen LogP contribution in [0.5, 0.6) is 23.0 Å².